The first kappa shape index (κ1) is 14.3. The van der Waals surface area contributed by atoms with Gasteiger partial charge in [-0.2, -0.15) is 0 Å². The molecule has 6 nitrogen and oxygen atoms in total. The zero-order valence-corrected chi connectivity index (χ0v) is 12.5. The van der Waals surface area contributed by atoms with Crippen LogP contribution in [0.3, 0.4) is 0 Å². The second-order valence-corrected chi connectivity index (χ2v) is 5.52. The summed E-state index contributed by atoms with van der Waals surface area (Å²) >= 11 is 0. The number of para-hydroxylation sites is 1. The molecule has 0 bridgehead atoms. The number of carbonyl (C=O) groups is 1. The topological polar surface area (TPSA) is 84.1 Å². The fourth-order valence-electron chi connectivity index (χ4n) is 2.71. The van der Waals surface area contributed by atoms with Crippen molar-refractivity contribution in [3.05, 3.63) is 42.2 Å². The monoisotopic (exact) mass is 297 g/mol. The number of anilines is 3. The molecule has 0 radical (unpaired) electrons. The van der Waals surface area contributed by atoms with Crippen molar-refractivity contribution in [1.82, 2.24) is 9.97 Å². The Labute approximate surface area is 129 Å². The Balaban J connectivity index is 1.62. The lowest BCUT2D eigenvalue weighted by atomic mass is 10.1. The summed E-state index contributed by atoms with van der Waals surface area (Å²) in [6.07, 6.45) is 0.543. The van der Waals surface area contributed by atoms with E-state index < -0.39 is 0 Å². The Morgan fingerprint density at radius 2 is 2.09 bits per heavy atom. The summed E-state index contributed by atoms with van der Waals surface area (Å²) < 4.78 is 0. The molecule has 1 aromatic heterocycles. The zero-order valence-electron chi connectivity index (χ0n) is 12.5. The largest absolute Gasteiger partial charge is 0.384 e. The number of nitrogens with one attached hydrogen (secondary N) is 1. The lowest BCUT2D eigenvalue weighted by Gasteiger charge is -2.17. The van der Waals surface area contributed by atoms with Crippen molar-refractivity contribution in [3.8, 4) is 0 Å². The van der Waals surface area contributed by atoms with Gasteiger partial charge in [-0.15, -0.1) is 0 Å². The zero-order chi connectivity index (χ0) is 15.5. The highest BCUT2D eigenvalue weighted by atomic mass is 16.2. The number of nitrogens with zero attached hydrogens (tertiary/aromatic N) is 3. The first-order valence-electron chi connectivity index (χ1n) is 7.32. The summed E-state index contributed by atoms with van der Waals surface area (Å²) in [7, 11) is 0. The van der Waals surface area contributed by atoms with Crippen molar-refractivity contribution in [3.63, 3.8) is 0 Å². The Morgan fingerprint density at radius 1 is 1.32 bits per heavy atom. The van der Waals surface area contributed by atoms with Gasteiger partial charge in [0.05, 0.1) is 0 Å². The van der Waals surface area contributed by atoms with Gasteiger partial charge in [0.1, 0.15) is 17.5 Å². The van der Waals surface area contributed by atoms with Crippen LogP contribution >= 0.6 is 0 Å². The molecule has 0 unspecified atom stereocenters. The molecule has 1 amide bonds. The smallest absolute Gasteiger partial charge is 0.227 e. The fourth-order valence-corrected chi connectivity index (χ4v) is 2.71. The normalized spacial score (nSPS) is 17.8. The van der Waals surface area contributed by atoms with Crippen LogP contribution in [0.2, 0.25) is 0 Å². The van der Waals surface area contributed by atoms with Crippen molar-refractivity contribution >= 4 is 23.2 Å². The van der Waals surface area contributed by atoms with E-state index in [-0.39, 0.29) is 11.8 Å². The summed E-state index contributed by atoms with van der Waals surface area (Å²) in [6, 6.07) is 11.5. The van der Waals surface area contributed by atoms with Gasteiger partial charge in [0, 0.05) is 37.2 Å². The molecular weight excluding hydrogens is 278 g/mol. The molecule has 3 rings (SSSR count). The summed E-state index contributed by atoms with van der Waals surface area (Å²) in [6.45, 7) is 3.21. The molecule has 1 atom stereocenters. The van der Waals surface area contributed by atoms with E-state index in [1.165, 1.54) is 0 Å². The molecule has 1 fully saturated rings. The van der Waals surface area contributed by atoms with Crippen molar-refractivity contribution in [1.29, 1.82) is 0 Å². The third-order valence-corrected chi connectivity index (χ3v) is 3.70. The van der Waals surface area contributed by atoms with Crippen LogP contribution < -0.4 is 16.0 Å². The average molecular weight is 297 g/mol. The van der Waals surface area contributed by atoms with Crippen LogP contribution in [0.4, 0.5) is 17.3 Å². The highest BCUT2D eigenvalue weighted by Gasteiger charge is 2.30. The van der Waals surface area contributed by atoms with Crippen LogP contribution in [0.15, 0.2) is 36.4 Å². The molecule has 2 heterocycles. The molecule has 6 heteroatoms. The minimum Gasteiger partial charge on any atom is -0.384 e. The van der Waals surface area contributed by atoms with Crippen LogP contribution in [0.5, 0.6) is 0 Å². The molecule has 0 saturated carbocycles. The van der Waals surface area contributed by atoms with Gasteiger partial charge in [-0.1, -0.05) is 18.2 Å². The predicted octanol–water partition coefficient (Wildman–Crippen LogP) is 1.83. The molecule has 22 heavy (non-hydrogen) atoms. The van der Waals surface area contributed by atoms with Crippen molar-refractivity contribution in [2.24, 2.45) is 5.92 Å². The Hall–Kier alpha value is -2.63. The second-order valence-electron chi connectivity index (χ2n) is 5.52. The first-order chi connectivity index (χ1) is 10.6. The lowest BCUT2D eigenvalue weighted by molar-refractivity contribution is -0.117. The molecule has 1 aliphatic rings. The molecule has 114 valence electrons. The van der Waals surface area contributed by atoms with Crippen LogP contribution in [0, 0.1) is 12.8 Å². The maximum atomic E-state index is 12.2. The number of hydrogen-bond donors (Lipinski definition) is 2. The highest BCUT2D eigenvalue weighted by Crippen LogP contribution is 2.25. The molecule has 3 N–H and O–H groups in total. The minimum absolute atomic E-state index is 0.163. The summed E-state index contributed by atoms with van der Waals surface area (Å²) in [4.78, 5) is 22.3. The number of carbonyl (C=O) groups excluding carboxylic acids is 1. The van der Waals surface area contributed by atoms with Crippen LogP contribution in [0.1, 0.15) is 12.2 Å². The summed E-state index contributed by atoms with van der Waals surface area (Å²) in [5.74, 6) is 2.20. The Morgan fingerprint density at radius 3 is 2.82 bits per heavy atom. The third-order valence-electron chi connectivity index (χ3n) is 3.70. The second kappa shape index (κ2) is 6.01. The van der Waals surface area contributed by atoms with E-state index in [0.717, 1.165) is 12.2 Å². The van der Waals surface area contributed by atoms with E-state index in [0.29, 0.717) is 30.4 Å². The van der Waals surface area contributed by atoms with Crippen LogP contribution in [0.25, 0.3) is 0 Å². The lowest BCUT2D eigenvalue weighted by Crippen LogP contribution is -2.25. The first-order valence-corrected chi connectivity index (χ1v) is 7.32. The summed E-state index contributed by atoms with van der Waals surface area (Å²) in [5, 5.41) is 3.25. The SMILES string of the molecule is Cc1nc(N)cc(NC[C@H]2CC(=O)N(c3ccccc3)C2)n1. The quantitative estimate of drug-likeness (QED) is 0.899. The van der Waals surface area contributed by atoms with E-state index >= 15 is 0 Å². The Kier molecular flexibility index (Phi) is 3.91. The maximum absolute atomic E-state index is 12.2. The number of nitrogens with two attached hydrogens (primary N) is 1. The number of nitrogen functional groups attached to an aromatic ring is 1. The van der Waals surface area contributed by atoms with Crippen LogP contribution in [-0.2, 0) is 4.79 Å². The minimum atomic E-state index is 0.163. The van der Waals surface area contributed by atoms with Crippen molar-refractivity contribution in [2.75, 3.05) is 29.0 Å². The standard InChI is InChI=1S/C16H19N5O/c1-11-19-14(17)8-15(20-11)18-9-12-7-16(22)21(10-12)13-5-3-2-4-6-13/h2-6,8,12H,7,9-10H2,1H3,(H3,17,18,19,20)/t12-/m1/s1. The Bertz CT molecular complexity index is 653. The van der Waals surface area contributed by atoms with Gasteiger partial charge in [-0.05, 0) is 19.1 Å². The van der Waals surface area contributed by atoms with E-state index in [2.05, 4.69) is 15.3 Å². The molecule has 1 aliphatic heterocycles. The molecule has 0 aliphatic carbocycles. The van der Waals surface area contributed by atoms with E-state index in [4.69, 9.17) is 5.73 Å². The number of aromatic nitrogens is 2. The van der Waals surface area contributed by atoms with Gasteiger partial charge in [-0.3, -0.25) is 4.79 Å². The van der Waals surface area contributed by atoms with E-state index in [9.17, 15) is 4.79 Å². The molecule has 0 spiro atoms. The van der Waals surface area contributed by atoms with Crippen LogP contribution in [-0.4, -0.2) is 29.0 Å². The van der Waals surface area contributed by atoms with Gasteiger partial charge in [0.15, 0.2) is 0 Å². The van der Waals surface area contributed by atoms with Gasteiger partial charge in [0.25, 0.3) is 0 Å². The number of benzene rings is 1. The van der Waals surface area contributed by atoms with Gasteiger partial charge in [-0.25, -0.2) is 9.97 Å². The average Bonchev–Trinajstić information content (AvgIpc) is 2.86. The molecule has 1 saturated heterocycles. The summed E-state index contributed by atoms with van der Waals surface area (Å²) in [5.41, 5.74) is 6.67. The fraction of sp³-hybridized carbons (Fsp3) is 0.312. The number of amides is 1. The molecule has 1 aromatic carbocycles. The van der Waals surface area contributed by atoms with E-state index in [1.54, 1.807) is 13.0 Å². The van der Waals surface area contributed by atoms with Crippen molar-refractivity contribution in [2.45, 2.75) is 13.3 Å². The van der Waals surface area contributed by atoms with E-state index in [1.807, 2.05) is 35.2 Å². The van der Waals surface area contributed by atoms with Crippen molar-refractivity contribution < 1.29 is 4.79 Å². The third kappa shape index (κ3) is 3.16. The number of rotatable bonds is 4. The number of hydrogen-bond acceptors (Lipinski definition) is 5. The molecule has 2 aromatic rings. The molecular formula is C16H19N5O. The van der Waals surface area contributed by atoms with Gasteiger partial charge in [0.2, 0.25) is 5.91 Å². The van der Waals surface area contributed by atoms with Gasteiger partial charge >= 0.3 is 0 Å². The highest BCUT2D eigenvalue weighted by molar-refractivity contribution is 5.95. The predicted molar refractivity (Wildman–Crippen MR) is 86.6 cm³/mol. The van der Waals surface area contributed by atoms with Gasteiger partial charge < -0.3 is 16.0 Å². The number of aryl methyl sites for hydroxylation is 1. The maximum Gasteiger partial charge on any atom is 0.227 e.